The minimum absolute atomic E-state index is 0.0597. The third-order valence-electron chi connectivity index (χ3n) is 4.17. The summed E-state index contributed by atoms with van der Waals surface area (Å²) in [5.41, 5.74) is 3.07. The molecule has 5 nitrogen and oxygen atoms in total. The van der Waals surface area contributed by atoms with Crippen molar-refractivity contribution >= 4 is 17.3 Å². The van der Waals surface area contributed by atoms with Gasteiger partial charge in [-0.15, -0.1) is 0 Å². The predicted molar refractivity (Wildman–Crippen MR) is 101 cm³/mol. The van der Waals surface area contributed by atoms with Crippen LogP contribution in [0.4, 0.5) is 11.4 Å². The van der Waals surface area contributed by atoms with Gasteiger partial charge in [-0.1, -0.05) is 60.7 Å². The molecule has 0 saturated heterocycles. The van der Waals surface area contributed by atoms with E-state index in [1.807, 2.05) is 48.5 Å². The fourth-order valence-corrected chi connectivity index (χ4v) is 2.89. The molecule has 0 aromatic heterocycles. The second-order valence-corrected chi connectivity index (χ2v) is 6.00. The summed E-state index contributed by atoms with van der Waals surface area (Å²) in [6.07, 6.45) is 0.660. The number of carbonyl (C=O) groups is 1. The number of hydrogen-bond donors (Lipinski definition) is 1. The van der Waals surface area contributed by atoms with Crippen LogP contribution in [0, 0.1) is 17.0 Å². The van der Waals surface area contributed by atoms with Crippen LogP contribution in [0.25, 0.3) is 0 Å². The van der Waals surface area contributed by atoms with Gasteiger partial charge in [0.2, 0.25) is 0 Å². The third-order valence-corrected chi connectivity index (χ3v) is 4.17. The molecule has 0 aliphatic heterocycles. The molecule has 0 spiro atoms. The van der Waals surface area contributed by atoms with Crippen LogP contribution in [0.5, 0.6) is 0 Å². The van der Waals surface area contributed by atoms with E-state index >= 15 is 0 Å². The smallest absolute Gasteiger partial charge is 0.285 e. The van der Waals surface area contributed by atoms with Gasteiger partial charge in [-0.05, 0) is 36.6 Å². The Hall–Kier alpha value is -3.47. The summed E-state index contributed by atoms with van der Waals surface area (Å²) >= 11 is 0. The van der Waals surface area contributed by atoms with Gasteiger partial charge in [0, 0.05) is 11.3 Å². The maximum atomic E-state index is 12.7. The number of benzene rings is 3. The van der Waals surface area contributed by atoms with Crippen LogP contribution in [-0.4, -0.2) is 10.8 Å². The Bertz CT molecular complexity index is 952. The topological polar surface area (TPSA) is 72.2 Å². The van der Waals surface area contributed by atoms with Crippen molar-refractivity contribution in [3.05, 3.63) is 105 Å². The molecule has 0 bridgehead atoms. The molecule has 5 heteroatoms. The number of carbonyl (C=O) groups excluding carboxylic acids is 1. The number of rotatable bonds is 5. The molecule has 26 heavy (non-hydrogen) atoms. The Balaban J connectivity index is 1.90. The predicted octanol–water partition coefficient (Wildman–Crippen LogP) is 4.75. The molecule has 3 rings (SSSR count). The van der Waals surface area contributed by atoms with Gasteiger partial charge in [-0.2, -0.15) is 0 Å². The van der Waals surface area contributed by atoms with Crippen molar-refractivity contribution in [2.75, 3.05) is 5.32 Å². The largest absolute Gasteiger partial charge is 0.322 e. The number of nitrogens with zero attached hydrogens (tertiary/aromatic N) is 1. The van der Waals surface area contributed by atoms with Crippen molar-refractivity contribution in [1.82, 2.24) is 0 Å². The van der Waals surface area contributed by atoms with E-state index in [9.17, 15) is 14.9 Å². The quantitative estimate of drug-likeness (QED) is 0.535. The first-order valence-corrected chi connectivity index (χ1v) is 8.23. The Morgan fingerprint density at radius 2 is 1.65 bits per heavy atom. The molecular weight excluding hydrogens is 328 g/mol. The van der Waals surface area contributed by atoms with E-state index in [-0.39, 0.29) is 11.3 Å². The first-order valence-electron chi connectivity index (χ1n) is 8.23. The number of amides is 1. The van der Waals surface area contributed by atoms with Gasteiger partial charge >= 0.3 is 0 Å². The van der Waals surface area contributed by atoms with Crippen LogP contribution in [0.3, 0.4) is 0 Å². The van der Waals surface area contributed by atoms with E-state index in [2.05, 4.69) is 5.32 Å². The molecule has 0 aliphatic carbocycles. The lowest BCUT2D eigenvalue weighted by molar-refractivity contribution is -0.385. The summed E-state index contributed by atoms with van der Waals surface area (Å²) < 4.78 is 0. The van der Waals surface area contributed by atoms with Crippen molar-refractivity contribution in [2.24, 2.45) is 0 Å². The van der Waals surface area contributed by atoms with E-state index in [4.69, 9.17) is 0 Å². The molecule has 130 valence electrons. The lowest BCUT2D eigenvalue weighted by atomic mass is 10.0. The fourth-order valence-electron chi connectivity index (χ4n) is 2.89. The Morgan fingerprint density at radius 3 is 2.38 bits per heavy atom. The zero-order valence-electron chi connectivity index (χ0n) is 14.3. The second kappa shape index (κ2) is 7.61. The molecule has 1 N–H and O–H groups in total. The van der Waals surface area contributed by atoms with Gasteiger partial charge in [-0.3, -0.25) is 14.9 Å². The molecule has 0 fully saturated rings. The SMILES string of the molecule is Cc1cccc(C(=O)Nc2ccccc2Cc2ccccc2)c1[N+](=O)[O-]. The highest BCUT2D eigenvalue weighted by molar-refractivity contribution is 6.07. The van der Waals surface area contributed by atoms with Gasteiger partial charge in [0.15, 0.2) is 0 Å². The van der Waals surface area contributed by atoms with Crippen molar-refractivity contribution in [2.45, 2.75) is 13.3 Å². The van der Waals surface area contributed by atoms with Crippen LogP contribution in [-0.2, 0) is 6.42 Å². The molecular formula is C21H18N2O3. The number of anilines is 1. The molecule has 0 atom stereocenters. The zero-order chi connectivity index (χ0) is 18.5. The zero-order valence-corrected chi connectivity index (χ0v) is 14.3. The Morgan fingerprint density at radius 1 is 0.962 bits per heavy atom. The third kappa shape index (κ3) is 3.78. The Labute approximate surface area is 151 Å². The highest BCUT2D eigenvalue weighted by Crippen LogP contribution is 2.25. The number of para-hydroxylation sites is 2. The normalized spacial score (nSPS) is 10.3. The van der Waals surface area contributed by atoms with Crippen molar-refractivity contribution in [3.63, 3.8) is 0 Å². The van der Waals surface area contributed by atoms with E-state index < -0.39 is 10.8 Å². The van der Waals surface area contributed by atoms with Crippen molar-refractivity contribution in [1.29, 1.82) is 0 Å². The number of aryl methyl sites for hydroxylation is 1. The molecule has 1 amide bonds. The number of hydrogen-bond acceptors (Lipinski definition) is 3. The van der Waals surface area contributed by atoms with Gasteiger partial charge in [0.25, 0.3) is 11.6 Å². The first-order chi connectivity index (χ1) is 12.6. The fraction of sp³-hybridized carbons (Fsp3) is 0.0952. The Kier molecular flexibility index (Phi) is 5.08. The minimum Gasteiger partial charge on any atom is -0.322 e. The second-order valence-electron chi connectivity index (χ2n) is 6.00. The van der Waals surface area contributed by atoms with Crippen LogP contribution >= 0.6 is 0 Å². The molecule has 3 aromatic carbocycles. The lowest BCUT2D eigenvalue weighted by Crippen LogP contribution is -2.15. The van der Waals surface area contributed by atoms with Gasteiger partial charge in [-0.25, -0.2) is 0 Å². The minimum atomic E-state index is -0.514. The number of nitro groups is 1. The average molecular weight is 346 g/mol. The molecule has 0 radical (unpaired) electrons. The summed E-state index contributed by atoms with van der Waals surface area (Å²) in [5, 5.41) is 14.2. The standard InChI is InChI=1S/C21H18N2O3/c1-15-8-7-12-18(20(15)23(25)26)21(24)22-19-13-6-5-11-17(19)14-16-9-3-2-4-10-16/h2-13H,14H2,1H3,(H,22,24). The van der Waals surface area contributed by atoms with Gasteiger partial charge in [0.1, 0.15) is 5.56 Å². The van der Waals surface area contributed by atoms with Crippen LogP contribution in [0.15, 0.2) is 72.8 Å². The summed E-state index contributed by atoms with van der Waals surface area (Å²) in [6, 6.07) is 22.1. The van der Waals surface area contributed by atoms with Crippen LogP contribution < -0.4 is 5.32 Å². The van der Waals surface area contributed by atoms with Gasteiger partial charge < -0.3 is 5.32 Å². The summed E-state index contributed by atoms with van der Waals surface area (Å²) in [6.45, 7) is 1.62. The molecule has 0 heterocycles. The van der Waals surface area contributed by atoms with Crippen molar-refractivity contribution < 1.29 is 9.72 Å². The van der Waals surface area contributed by atoms with Gasteiger partial charge in [0.05, 0.1) is 4.92 Å². The maximum absolute atomic E-state index is 12.7. The van der Waals surface area contributed by atoms with Crippen molar-refractivity contribution in [3.8, 4) is 0 Å². The van der Waals surface area contributed by atoms with E-state index in [1.165, 1.54) is 6.07 Å². The highest BCUT2D eigenvalue weighted by Gasteiger charge is 2.22. The van der Waals surface area contributed by atoms with E-state index in [0.717, 1.165) is 11.1 Å². The van der Waals surface area contributed by atoms with E-state index in [1.54, 1.807) is 25.1 Å². The lowest BCUT2D eigenvalue weighted by Gasteiger charge is -2.12. The first kappa shape index (κ1) is 17.4. The highest BCUT2D eigenvalue weighted by atomic mass is 16.6. The maximum Gasteiger partial charge on any atom is 0.285 e. The summed E-state index contributed by atoms with van der Waals surface area (Å²) in [7, 11) is 0. The summed E-state index contributed by atoms with van der Waals surface area (Å²) in [5.74, 6) is -0.485. The van der Waals surface area contributed by atoms with E-state index in [0.29, 0.717) is 17.7 Å². The van der Waals surface area contributed by atoms with Crippen LogP contribution in [0.2, 0.25) is 0 Å². The average Bonchev–Trinajstić information content (AvgIpc) is 2.63. The molecule has 0 unspecified atom stereocenters. The molecule has 3 aromatic rings. The number of nitrogens with one attached hydrogen (secondary N) is 1. The molecule has 0 aliphatic rings. The molecule has 0 saturated carbocycles. The summed E-state index contributed by atoms with van der Waals surface area (Å²) in [4.78, 5) is 23.5. The number of nitro benzene ring substituents is 1. The van der Waals surface area contributed by atoms with Crippen LogP contribution in [0.1, 0.15) is 27.0 Å². The monoisotopic (exact) mass is 346 g/mol.